The largest absolute Gasteiger partial charge is 0.389 e. The van der Waals surface area contributed by atoms with E-state index in [9.17, 15) is 9.18 Å². The second kappa shape index (κ2) is 5.53. The summed E-state index contributed by atoms with van der Waals surface area (Å²) in [6.07, 6.45) is 1.42. The number of carbonyl (C=O) groups excluding carboxylic acids is 1. The second-order valence-electron chi connectivity index (χ2n) is 3.76. The number of carbonyl (C=O) groups is 1. The summed E-state index contributed by atoms with van der Waals surface area (Å²) < 4.78 is 13.0. The summed E-state index contributed by atoms with van der Waals surface area (Å²) in [6.45, 7) is 0. The number of anilines is 1. The minimum atomic E-state index is -0.430. The van der Waals surface area contributed by atoms with Crippen LogP contribution in [0.25, 0.3) is 0 Å². The number of thiocarbonyl (C=S) groups is 1. The van der Waals surface area contributed by atoms with Gasteiger partial charge in [-0.15, -0.1) is 0 Å². The number of hydrogen-bond donors (Lipinski definition) is 2. The zero-order valence-corrected chi connectivity index (χ0v) is 10.6. The average Bonchev–Trinajstić information content (AvgIpc) is 2.39. The van der Waals surface area contributed by atoms with Gasteiger partial charge in [0.2, 0.25) is 0 Å². The molecule has 0 aliphatic rings. The van der Waals surface area contributed by atoms with Gasteiger partial charge in [0, 0.05) is 17.4 Å². The highest BCUT2D eigenvalue weighted by Crippen LogP contribution is 2.10. The first kappa shape index (κ1) is 13.1. The van der Waals surface area contributed by atoms with E-state index in [1.807, 2.05) is 0 Å². The number of halogens is 1. The average molecular weight is 275 g/mol. The molecular weight excluding hydrogens is 265 g/mol. The lowest BCUT2D eigenvalue weighted by atomic mass is 10.2. The van der Waals surface area contributed by atoms with Crippen LogP contribution in [0.1, 0.15) is 16.1 Å². The Kier molecular flexibility index (Phi) is 3.82. The standard InChI is InChI=1S/C13H10FN3OS/c14-9-2-1-3-10(6-9)17-13(18)11-5-4-8(7-16-11)12(15)19/h1-7H,(H2,15,19)(H,17,18). The van der Waals surface area contributed by atoms with Crippen molar-refractivity contribution in [2.75, 3.05) is 5.32 Å². The van der Waals surface area contributed by atoms with Gasteiger partial charge in [0.05, 0.1) is 0 Å². The van der Waals surface area contributed by atoms with E-state index in [1.54, 1.807) is 12.1 Å². The van der Waals surface area contributed by atoms with Gasteiger partial charge in [-0.3, -0.25) is 9.78 Å². The molecule has 1 aromatic heterocycles. The third-order valence-corrected chi connectivity index (χ3v) is 2.60. The van der Waals surface area contributed by atoms with Crippen molar-refractivity contribution < 1.29 is 9.18 Å². The molecule has 2 rings (SSSR count). The lowest BCUT2D eigenvalue weighted by Crippen LogP contribution is -2.15. The Labute approximate surface area is 114 Å². The number of nitrogens with two attached hydrogens (primary N) is 1. The molecule has 0 aliphatic carbocycles. The summed E-state index contributed by atoms with van der Waals surface area (Å²) in [6, 6.07) is 8.73. The minimum absolute atomic E-state index is 0.198. The van der Waals surface area contributed by atoms with Gasteiger partial charge >= 0.3 is 0 Å². The monoisotopic (exact) mass is 275 g/mol. The molecule has 1 amide bonds. The van der Waals surface area contributed by atoms with Crippen LogP contribution in [0.3, 0.4) is 0 Å². The Morgan fingerprint density at radius 3 is 2.68 bits per heavy atom. The Balaban J connectivity index is 2.14. The molecule has 0 radical (unpaired) electrons. The summed E-state index contributed by atoms with van der Waals surface area (Å²) in [5.41, 5.74) is 6.57. The van der Waals surface area contributed by atoms with Crippen molar-refractivity contribution in [3.8, 4) is 0 Å². The summed E-state index contributed by atoms with van der Waals surface area (Å²) in [5.74, 6) is -0.852. The first-order valence-corrected chi connectivity index (χ1v) is 5.80. The molecule has 0 atom stereocenters. The maximum Gasteiger partial charge on any atom is 0.274 e. The number of benzene rings is 1. The number of nitrogens with zero attached hydrogens (tertiary/aromatic N) is 1. The molecule has 0 saturated carbocycles. The number of pyridine rings is 1. The van der Waals surface area contributed by atoms with Gasteiger partial charge in [0.1, 0.15) is 16.5 Å². The lowest BCUT2D eigenvalue weighted by molar-refractivity contribution is 0.102. The highest BCUT2D eigenvalue weighted by Gasteiger charge is 2.08. The molecule has 19 heavy (non-hydrogen) atoms. The minimum Gasteiger partial charge on any atom is -0.389 e. The fraction of sp³-hybridized carbons (Fsp3) is 0. The molecule has 0 spiro atoms. The van der Waals surface area contributed by atoms with Crippen molar-refractivity contribution >= 4 is 28.8 Å². The molecule has 96 valence electrons. The Hall–Kier alpha value is -2.34. The number of nitrogens with one attached hydrogen (secondary N) is 1. The third-order valence-electron chi connectivity index (χ3n) is 2.36. The van der Waals surface area contributed by atoms with Crippen LogP contribution in [0.2, 0.25) is 0 Å². The number of amides is 1. The summed E-state index contributed by atoms with van der Waals surface area (Å²) in [7, 11) is 0. The van der Waals surface area contributed by atoms with Crippen LogP contribution in [0.5, 0.6) is 0 Å². The molecule has 1 heterocycles. The molecule has 3 N–H and O–H groups in total. The van der Waals surface area contributed by atoms with Gasteiger partial charge in [0.15, 0.2) is 0 Å². The second-order valence-corrected chi connectivity index (χ2v) is 4.20. The fourth-order valence-electron chi connectivity index (χ4n) is 1.44. The smallest absolute Gasteiger partial charge is 0.274 e. The van der Waals surface area contributed by atoms with Gasteiger partial charge in [-0.25, -0.2) is 4.39 Å². The Bertz CT molecular complexity index is 628. The molecule has 0 fully saturated rings. The van der Waals surface area contributed by atoms with Crippen molar-refractivity contribution in [1.29, 1.82) is 0 Å². The first-order chi connectivity index (χ1) is 9.06. The predicted octanol–water partition coefficient (Wildman–Crippen LogP) is 2.11. The van der Waals surface area contributed by atoms with Crippen molar-refractivity contribution in [1.82, 2.24) is 4.98 Å². The van der Waals surface area contributed by atoms with Crippen LogP contribution < -0.4 is 11.1 Å². The van der Waals surface area contributed by atoms with Crippen LogP contribution in [0.15, 0.2) is 42.6 Å². The maximum absolute atomic E-state index is 13.0. The molecular formula is C13H10FN3OS. The van der Waals surface area contributed by atoms with Crippen molar-refractivity contribution in [2.45, 2.75) is 0 Å². The maximum atomic E-state index is 13.0. The van der Waals surface area contributed by atoms with E-state index in [-0.39, 0.29) is 10.7 Å². The molecule has 4 nitrogen and oxygen atoms in total. The highest BCUT2D eigenvalue weighted by molar-refractivity contribution is 7.80. The fourth-order valence-corrected chi connectivity index (χ4v) is 1.56. The molecule has 0 saturated heterocycles. The zero-order valence-electron chi connectivity index (χ0n) is 9.76. The van der Waals surface area contributed by atoms with Gasteiger partial charge in [0.25, 0.3) is 5.91 Å². The lowest BCUT2D eigenvalue weighted by Gasteiger charge is -2.05. The van der Waals surface area contributed by atoms with E-state index in [0.717, 1.165) is 0 Å². The van der Waals surface area contributed by atoms with Crippen LogP contribution >= 0.6 is 12.2 Å². The summed E-state index contributed by atoms with van der Waals surface area (Å²) >= 11 is 4.79. The number of rotatable bonds is 3. The van der Waals surface area contributed by atoms with Crippen LogP contribution in [-0.2, 0) is 0 Å². The highest BCUT2D eigenvalue weighted by atomic mass is 32.1. The molecule has 0 unspecified atom stereocenters. The third kappa shape index (κ3) is 3.32. The molecule has 0 aliphatic heterocycles. The normalized spacial score (nSPS) is 9.95. The van der Waals surface area contributed by atoms with E-state index in [0.29, 0.717) is 11.3 Å². The number of aromatic nitrogens is 1. The SMILES string of the molecule is NC(=S)c1ccc(C(=O)Nc2cccc(F)c2)nc1. The van der Waals surface area contributed by atoms with Gasteiger partial charge < -0.3 is 11.1 Å². The molecule has 6 heteroatoms. The van der Waals surface area contributed by atoms with E-state index >= 15 is 0 Å². The summed E-state index contributed by atoms with van der Waals surface area (Å²) in [4.78, 5) is 16.0. The van der Waals surface area contributed by atoms with E-state index in [1.165, 1.54) is 30.5 Å². The molecule has 2 aromatic rings. The van der Waals surface area contributed by atoms with Crippen LogP contribution in [0.4, 0.5) is 10.1 Å². The van der Waals surface area contributed by atoms with Crippen LogP contribution in [0, 0.1) is 5.82 Å². The van der Waals surface area contributed by atoms with Crippen molar-refractivity contribution in [3.05, 3.63) is 59.7 Å². The van der Waals surface area contributed by atoms with Gasteiger partial charge in [-0.2, -0.15) is 0 Å². The van der Waals surface area contributed by atoms with E-state index in [4.69, 9.17) is 18.0 Å². The predicted molar refractivity (Wildman–Crippen MR) is 74.5 cm³/mol. The zero-order chi connectivity index (χ0) is 13.8. The van der Waals surface area contributed by atoms with Gasteiger partial charge in [-0.05, 0) is 30.3 Å². The molecule has 1 aromatic carbocycles. The Morgan fingerprint density at radius 2 is 2.11 bits per heavy atom. The topological polar surface area (TPSA) is 68.0 Å². The van der Waals surface area contributed by atoms with Gasteiger partial charge in [-0.1, -0.05) is 18.3 Å². The van der Waals surface area contributed by atoms with Crippen molar-refractivity contribution in [2.24, 2.45) is 5.73 Å². The van der Waals surface area contributed by atoms with E-state index < -0.39 is 11.7 Å². The van der Waals surface area contributed by atoms with Crippen LogP contribution in [-0.4, -0.2) is 15.9 Å². The molecule has 0 bridgehead atoms. The van der Waals surface area contributed by atoms with Crippen molar-refractivity contribution in [3.63, 3.8) is 0 Å². The Morgan fingerprint density at radius 1 is 1.32 bits per heavy atom. The van der Waals surface area contributed by atoms with E-state index in [2.05, 4.69) is 10.3 Å². The summed E-state index contributed by atoms with van der Waals surface area (Å²) in [5, 5.41) is 2.54. The first-order valence-electron chi connectivity index (χ1n) is 5.39. The quantitative estimate of drug-likeness (QED) is 0.842. The number of hydrogen-bond acceptors (Lipinski definition) is 3.